The fourth-order valence-electron chi connectivity index (χ4n) is 1.19. The first-order chi connectivity index (χ1) is 7.74. The highest BCUT2D eigenvalue weighted by Crippen LogP contribution is 2.28. The molecule has 0 amide bonds. The third-order valence-corrected chi connectivity index (χ3v) is 4.14. The summed E-state index contributed by atoms with van der Waals surface area (Å²) in [6.45, 7) is 2.00. The summed E-state index contributed by atoms with van der Waals surface area (Å²) in [5.74, 6) is 0.0658. The lowest BCUT2D eigenvalue weighted by atomic mass is 10.2. The molecule has 4 nitrogen and oxygen atoms in total. The molecule has 0 spiro atoms. The van der Waals surface area contributed by atoms with Gasteiger partial charge in [0.25, 0.3) is 0 Å². The van der Waals surface area contributed by atoms with Gasteiger partial charge < -0.3 is 10.2 Å². The lowest BCUT2D eigenvalue weighted by molar-refractivity contribution is 0.273. The fraction of sp³-hybridized carbons (Fsp3) is 0.400. The minimum absolute atomic E-state index is 0.0411. The van der Waals surface area contributed by atoms with Gasteiger partial charge in [-0.15, -0.1) is 22.7 Å². The van der Waals surface area contributed by atoms with Crippen LogP contribution in [0.25, 0.3) is 10.7 Å². The standard InChI is InChI=1S/C10H12N2O2S2/c1-6(2-13)9-12-8(5-16-9)10-11-7(3-14)4-15-10/h4-6,13-14H,2-3H2,1H3. The Bertz CT molecular complexity index is 467. The van der Waals surface area contributed by atoms with Gasteiger partial charge in [-0.05, 0) is 0 Å². The number of hydrogen-bond acceptors (Lipinski definition) is 6. The van der Waals surface area contributed by atoms with E-state index in [2.05, 4.69) is 9.97 Å². The summed E-state index contributed by atoms with van der Waals surface area (Å²) in [7, 11) is 0. The van der Waals surface area contributed by atoms with E-state index in [4.69, 9.17) is 10.2 Å². The van der Waals surface area contributed by atoms with Crippen LogP contribution in [0.15, 0.2) is 10.8 Å². The van der Waals surface area contributed by atoms with Crippen LogP contribution >= 0.6 is 22.7 Å². The summed E-state index contributed by atoms with van der Waals surface area (Å²) < 4.78 is 0. The highest BCUT2D eigenvalue weighted by atomic mass is 32.1. The van der Waals surface area contributed by atoms with Crippen LogP contribution in [0.5, 0.6) is 0 Å². The molecule has 2 aromatic heterocycles. The molecule has 0 fully saturated rings. The first kappa shape index (κ1) is 11.7. The smallest absolute Gasteiger partial charge is 0.143 e. The van der Waals surface area contributed by atoms with Crippen LogP contribution in [0.1, 0.15) is 23.5 Å². The topological polar surface area (TPSA) is 66.2 Å². The zero-order chi connectivity index (χ0) is 11.5. The third kappa shape index (κ3) is 2.30. The summed E-state index contributed by atoms with van der Waals surface area (Å²) in [6.07, 6.45) is 0. The molecular formula is C10H12N2O2S2. The highest BCUT2D eigenvalue weighted by molar-refractivity contribution is 7.14. The van der Waals surface area contributed by atoms with E-state index in [1.54, 1.807) is 0 Å². The van der Waals surface area contributed by atoms with E-state index >= 15 is 0 Å². The molecule has 0 aliphatic carbocycles. The zero-order valence-corrected chi connectivity index (χ0v) is 10.4. The van der Waals surface area contributed by atoms with Crippen LogP contribution in [0.3, 0.4) is 0 Å². The number of aromatic nitrogens is 2. The van der Waals surface area contributed by atoms with Gasteiger partial charge in [0.2, 0.25) is 0 Å². The van der Waals surface area contributed by atoms with Crippen LogP contribution in [0.2, 0.25) is 0 Å². The Morgan fingerprint density at radius 2 is 2.06 bits per heavy atom. The van der Waals surface area contributed by atoms with Gasteiger partial charge in [-0.25, -0.2) is 9.97 Å². The van der Waals surface area contributed by atoms with E-state index in [1.165, 1.54) is 22.7 Å². The van der Waals surface area contributed by atoms with Crippen molar-refractivity contribution < 1.29 is 10.2 Å². The zero-order valence-electron chi connectivity index (χ0n) is 8.75. The Labute approximate surface area is 101 Å². The number of nitrogens with zero attached hydrogens (tertiary/aromatic N) is 2. The largest absolute Gasteiger partial charge is 0.396 e. The molecule has 16 heavy (non-hydrogen) atoms. The molecule has 0 aliphatic rings. The molecule has 2 rings (SSSR count). The minimum Gasteiger partial charge on any atom is -0.396 e. The van der Waals surface area contributed by atoms with E-state index in [1.807, 2.05) is 17.7 Å². The van der Waals surface area contributed by atoms with E-state index in [-0.39, 0.29) is 19.1 Å². The van der Waals surface area contributed by atoms with Crippen molar-refractivity contribution in [2.75, 3.05) is 6.61 Å². The summed E-state index contributed by atoms with van der Waals surface area (Å²) in [6, 6.07) is 0. The average molecular weight is 256 g/mol. The molecular weight excluding hydrogens is 244 g/mol. The maximum absolute atomic E-state index is 9.03. The number of aliphatic hydroxyl groups is 2. The number of thiazole rings is 2. The van der Waals surface area contributed by atoms with Crippen LogP contribution in [-0.2, 0) is 6.61 Å². The molecule has 1 unspecified atom stereocenters. The highest BCUT2D eigenvalue weighted by Gasteiger charge is 2.12. The summed E-state index contributed by atoms with van der Waals surface area (Å²) >= 11 is 3.00. The molecule has 6 heteroatoms. The molecule has 0 bridgehead atoms. The van der Waals surface area contributed by atoms with Crippen molar-refractivity contribution in [2.45, 2.75) is 19.4 Å². The molecule has 0 aromatic carbocycles. The average Bonchev–Trinajstić information content (AvgIpc) is 2.95. The van der Waals surface area contributed by atoms with Gasteiger partial charge >= 0.3 is 0 Å². The molecule has 2 aromatic rings. The molecule has 0 saturated heterocycles. The first-order valence-corrected chi connectivity index (χ1v) is 6.62. The minimum atomic E-state index is -0.0411. The van der Waals surface area contributed by atoms with Crippen LogP contribution in [0, 0.1) is 0 Å². The fourth-order valence-corrected chi connectivity index (χ4v) is 2.89. The summed E-state index contributed by atoms with van der Waals surface area (Å²) in [5, 5.41) is 23.4. The maximum atomic E-state index is 9.03. The van der Waals surface area contributed by atoms with E-state index in [9.17, 15) is 0 Å². The van der Waals surface area contributed by atoms with Gasteiger partial charge in [-0.3, -0.25) is 0 Å². The Morgan fingerprint density at radius 3 is 2.69 bits per heavy atom. The van der Waals surface area contributed by atoms with Crippen molar-refractivity contribution in [3.63, 3.8) is 0 Å². The lowest BCUT2D eigenvalue weighted by Gasteiger charge is -2.00. The summed E-state index contributed by atoms with van der Waals surface area (Å²) in [4.78, 5) is 8.67. The number of hydrogen-bond donors (Lipinski definition) is 2. The Kier molecular flexibility index (Phi) is 3.65. The van der Waals surface area contributed by atoms with Crippen molar-refractivity contribution in [2.24, 2.45) is 0 Å². The Hall–Kier alpha value is -0.820. The second kappa shape index (κ2) is 5.01. The Morgan fingerprint density at radius 1 is 1.25 bits per heavy atom. The van der Waals surface area contributed by atoms with Crippen molar-refractivity contribution in [1.29, 1.82) is 0 Å². The predicted octanol–water partition coefficient (Wildman–Crippen LogP) is 1.85. The van der Waals surface area contributed by atoms with Crippen molar-refractivity contribution >= 4 is 22.7 Å². The maximum Gasteiger partial charge on any atom is 0.143 e. The van der Waals surface area contributed by atoms with Crippen LogP contribution < -0.4 is 0 Å². The number of aliphatic hydroxyl groups excluding tert-OH is 2. The van der Waals surface area contributed by atoms with Crippen molar-refractivity contribution in [3.05, 3.63) is 21.5 Å². The van der Waals surface area contributed by atoms with E-state index in [0.717, 1.165) is 15.7 Å². The van der Waals surface area contributed by atoms with Crippen molar-refractivity contribution in [3.8, 4) is 10.7 Å². The second-order valence-electron chi connectivity index (χ2n) is 3.46. The lowest BCUT2D eigenvalue weighted by Crippen LogP contribution is -1.97. The van der Waals surface area contributed by atoms with Crippen LogP contribution in [-0.4, -0.2) is 26.8 Å². The first-order valence-electron chi connectivity index (χ1n) is 4.86. The van der Waals surface area contributed by atoms with Gasteiger partial charge in [-0.2, -0.15) is 0 Å². The molecule has 1 atom stereocenters. The molecule has 0 aliphatic heterocycles. The normalized spacial score (nSPS) is 12.9. The molecule has 2 N–H and O–H groups in total. The molecule has 0 saturated carbocycles. The second-order valence-corrected chi connectivity index (χ2v) is 5.20. The van der Waals surface area contributed by atoms with E-state index in [0.29, 0.717) is 5.69 Å². The molecule has 0 radical (unpaired) electrons. The molecule has 2 heterocycles. The SMILES string of the molecule is CC(CO)c1nc(-c2nc(CO)cs2)cs1. The van der Waals surface area contributed by atoms with E-state index < -0.39 is 0 Å². The quantitative estimate of drug-likeness (QED) is 0.876. The Balaban J connectivity index is 2.24. The van der Waals surface area contributed by atoms with Gasteiger partial charge in [-0.1, -0.05) is 6.92 Å². The monoisotopic (exact) mass is 256 g/mol. The van der Waals surface area contributed by atoms with Gasteiger partial charge in [0.1, 0.15) is 10.7 Å². The van der Waals surface area contributed by atoms with Crippen molar-refractivity contribution in [1.82, 2.24) is 9.97 Å². The molecule has 86 valence electrons. The van der Waals surface area contributed by atoms with Gasteiger partial charge in [0.15, 0.2) is 0 Å². The van der Waals surface area contributed by atoms with Crippen LogP contribution in [0.4, 0.5) is 0 Å². The third-order valence-electron chi connectivity index (χ3n) is 2.15. The van der Waals surface area contributed by atoms with Gasteiger partial charge in [0.05, 0.1) is 23.9 Å². The van der Waals surface area contributed by atoms with Gasteiger partial charge in [0, 0.05) is 16.7 Å². The summed E-state index contributed by atoms with van der Waals surface area (Å²) in [5.41, 5.74) is 1.50. The predicted molar refractivity (Wildman–Crippen MR) is 64.6 cm³/mol. The number of rotatable bonds is 4.